The molecule has 1 aromatic rings. The van der Waals surface area contributed by atoms with Crippen LogP contribution >= 0.6 is 0 Å². The summed E-state index contributed by atoms with van der Waals surface area (Å²) < 4.78 is 67.3. The summed E-state index contributed by atoms with van der Waals surface area (Å²) in [6.45, 7) is 8.95. The van der Waals surface area contributed by atoms with Crippen LogP contribution in [0.4, 0.5) is 17.6 Å². The molecule has 0 aliphatic carbocycles. The molecular weight excluding hydrogens is 482 g/mol. The highest BCUT2D eigenvalue weighted by Gasteiger charge is 2.34. The maximum atomic E-state index is 13.3. The molecule has 0 aromatic heterocycles. The van der Waals surface area contributed by atoms with Gasteiger partial charge in [-0.3, -0.25) is 4.79 Å². The molecule has 1 aliphatic heterocycles. The molecule has 1 N–H and O–H groups in total. The average Bonchev–Trinajstić information content (AvgIpc) is 2.80. The van der Waals surface area contributed by atoms with Gasteiger partial charge in [0, 0.05) is 30.7 Å². The van der Waals surface area contributed by atoms with Gasteiger partial charge in [0.05, 0.1) is 16.3 Å². The molecule has 2 rings (SSSR count). The van der Waals surface area contributed by atoms with E-state index in [2.05, 4.69) is 10.2 Å². The summed E-state index contributed by atoms with van der Waals surface area (Å²) in [5.41, 5.74) is -0.160. The predicted molar refractivity (Wildman–Crippen MR) is 130 cm³/mol. The molecule has 5 nitrogen and oxygen atoms in total. The minimum absolute atomic E-state index is 0.0409. The molecule has 1 unspecified atom stereocenters. The maximum Gasteiger partial charge on any atom is 0.416 e. The molecular formula is C25H35F4N3O2S. The summed E-state index contributed by atoms with van der Waals surface area (Å²) in [5, 5.41) is 2.81. The third-order valence-corrected chi connectivity index (χ3v) is 7.59. The van der Waals surface area contributed by atoms with E-state index in [4.69, 9.17) is 0 Å². The number of hydrogen-bond donors (Lipinski definition) is 1. The van der Waals surface area contributed by atoms with Gasteiger partial charge in [0.1, 0.15) is 11.0 Å². The highest BCUT2D eigenvalue weighted by atomic mass is 32.2. The van der Waals surface area contributed by atoms with Crippen LogP contribution in [0, 0.1) is 0 Å². The highest BCUT2D eigenvalue weighted by Crippen LogP contribution is 2.31. The van der Waals surface area contributed by atoms with Gasteiger partial charge in [-0.2, -0.15) is 13.2 Å². The molecule has 0 bridgehead atoms. The SMILES string of the molecule is CC/C(=C\C=C(/C)F)NC(=O)CCN1CCC(N(C(C)C)S(=O)c2cccc(C(F)(F)F)c2)CC1. The van der Waals surface area contributed by atoms with E-state index in [9.17, 15) is 26.6 Å². The lowest BCUT2D eigenvalue weighted by atomic mass is 10.0. The van der Waals surface area contributed by atoms with E-state index in [0.717, 1.165) is 12.1 Å². The summed E-state index contributed by atoms with van der Waals surface area (Å²) in [5.74, 6) is -0.475. The van der Waals surface area contributed by atoms with Gasteiger partial charge in [-0.05, 0) is 83.5 Å². The number of hydrogen-bond acceptors (Lipinski definition) is 3. The van der Waals surface area contributed by atoms with Crippen LogP contribution in [-0.4, -0.2) is 51.0 Å². The predicted octanol–water partition coefficient (Wildman–Crippen LogP) is 5.58. The molecule has 35 heavy (non-hydrogen) atoms. The summed E-state index contributed by atoms with van der Waals surface area (Å²) in [6.07, 6.45) is 0.657. The van der Waals surface area contributed by atoms with Crippen LogP contribution in [0.2, 0.25) is 0 Å². The van der Waals surface area contributed by atoms with Crippen molar-refractivity contribution in [1.29, 1.82) is 0 Å². The number of carbonyl (C=O) groups excluding carboxylic acids is 1. The normalized spacial score (nSPS) is 17.8. The molecule has 1 heterocycles. The number of nitrogens with one attached hydrogen (secondary N) is 1. The first kappa shape index (κ1) is 29.2. The number of amides is 1. The lowest BCUT2D eigenvalue weighted by Gasteiger charge is -2.39. The van der Waals surface area contributed by atoms with Crippen LogP contribution in [-0.2, 0) is 22.0 Å². The van der Waals surface area contributed by atoms with E-state index in [1.807, 2.05) is 20.8 Å². The molecule has 1 aliphatic rings. The van der Waals surface area contributed by atoms with E-state index < -0.39 is 22.7 Å². The number of likely N-dealkylation sites (tertiary alicyclic amines) is 1. The van der Waals surface area contributed by atoms with E-state index >= 15 is 0 Å². The molecule has 0 saturated carbocycles. The van der Waals surface area contributed by atoms with Crippen LogP contribution in [0.5, 0.6) is 0 Å². The van der Waals surface area contributed by atoms with Crippen molar-refractivity contribution in [2.24, 2.45) is 0 Å². The third kappa shape index (κ3) is 9.16. The lowest BCUT2D eigenvalue weighted by Crippen LogP contribution is -2.48. The Kier molecular flexibility index (Phi) is 11.1. The molecule has 1 saturated heterocycles. The number of alkyl halides is 3. The number of rotatable bonds is 10. The van der Waals surface area contributed by atoms with Crippen LogP contribution in [0.15, 0.2) is 52.8 Å². The number of allylic oxidation sites excluding steroid dienone is 4. The lowest BCUT2D eigenvalue weighted by molar-refractivity contribution is -0.137. The zero-order valence-electron chi connectivity index (χ0n) is 20.7. The molecule has 1 amide bonds. The second kappa shape index (κ2) is 13.3. The van der Waals surface area contributed by atoms with Crippen molar-refractivity contribution in [1.82, 2.24) is 14.5 Å². The summed E-state index contributed by atoms with van der Waals surface area (Å²) in [7, 11) is -1.72. The topological polar surface area (TPSA) is 52.7 Å². The van der Waals surface area contributed by atoms with Crippen LogP contribution in [0.3, 0.4) is 0 Å². The van der Waals surface area contributed by atoms with Gasteiger partial charge >= 0.3 is 6.18 Å². The number of nitrogens with zero attached hydrogens (tertiary/aromatic N) is 2. The first-order valence-corrected chi connectivity index (χ1v) is 13.0. The minimum atomic E-state index is -4.49. The number of carbonyl (C=O) groups is 1. The monoisotopic (exact) mass is 517 g/mol. The smallest absolute Gasteiger partial charge is 0.330 e. The first-order valence-electron chi connectivity index (χ1n) is 11.8. The highest BCUT2D eigenvalue weighted by molar-refractivity contribution is 7.82. The van der Waals surface area contributed by atoms with Gasteiger partial charge in [0.2, 0.25) is 5.91 Å². The van der Waals surface area contributed by atoms with Gasteiger partial charge in [0.25, 0.3) is 0 Å². The number of benzene rings is 1. The zero-order valence-corrected chi connectivity index (χ0v) is 21.5. The minimum Gasteiger partial charge on any atom is -0.330 e. The molecule has 0 radical (unpaired) electrons. The summed E-state index contributed by atoms with van der Waals surface area (Å²) in [4.78, 5) is 14.6. The van der Waals surface area contributed by atoms with Crippen molar-refractivity contribution in [3.63, 3.8) is 0 Å². The standard InChI is InChI=1S/C25H35F4N3O2S/c1-5-21(10-9-19(4)26)30-24(33)13-16-31-14-11-22(12-15-31)32(18(2)3)35(34)23-8-6-7-20(17-23)25(27,28)29/h6-10,17-18,22H,5,11-16H2,1-4H3,(H,30,33)/b19-9+,21-10+. The fraction of sp³-hybridized carbons (Fsp3) is 0.560. The molecule has 0 spiro atoms. The van der Waals surface area contributed by atoms with Crippen LogP contribution in [0.1, 0.15) is 58.9 Å². The Morgan fingerprint density at radius 1 is 1.26 bits per heavy atom. The molecule has 196 valence electrons. The average molecular weight is 518 g/mol. The number of piperidine rings is 1. The maximum absolute atomic E-state index is 13.3. The fourth-order valence-corrected chi connectivity index (χ4v) is 5.54. The second-order valence-corrected chi connectivity index (χ2v) is 10.3. The fourth-order valence-electron chi connectivity index (χ4n) is 4.01. The molecule has 1 atom stereocenters. The van der Waals surface area contributed by atoms with E-state index in [1.165, 1.54) is 25.1 Å². The first-order chi connectivity index (χ1) is 16.4. The van der Waals surface area contributed by atoms with Crippen molar-refractivity contribution in [3.05, 3.63) is 53.5 Å². The Labute approximate surface area is 207 Å². The number of halogens is 4. The quantitative estimate of drug-likeness (QED) is 0.326. The van der Waals surface area contributed by atoms with Crippen molar-refractivity contribution in [3.8, 4) is 0 Å². The Balaban J connectivity index is 1.94. The largest absolute Gasteiger partial charge is 0.416 e. The van der Waals surface area contributed by atoms with E-state index in [1.54, 1.807) is 10.4 Å². The Bertz CT molecular complexity index is 935. The Morgan fingerprint density at radius 2 is 1.91 bits per heavy atom. The van der Waals surface area contributed by atoms with Gasteiger partial charge < -0.3 is 10.2 Å². The van der Waals surface area contributed by atoms with Crippen molar-refractivity contribution < 1.29 is 26.6 Å². The Morgan fingerprint density at radius 3 is 2.46 bits per heavy atom. The van der Waals surface area contributed by atoms with Gasteiger partial charge in [-0.15, -0.1) is 0 Å². The van der Waals surface area contributed by atoms with Gasteiger partial charge in [-0.1, -0.05) is 13.0 Å². The second-order valence-electron chi connectivity index (χ2n) is 8.90. The van der Waals surface area contributed by atoms with Gasteiger partial charge in [-0.25, -0.2) is 12.9 Å². The molecule has 1 fully saturated rings. The van der Waals surface area contributed by atoms with Crippen LogP contribution in [0.25, 0.3) is 0 Å². The molecule has 10 heteroatoms. The molecule has 1 aromatic carbocycles. The van der Waals surface area contributed by atoms with E-state index in [-0.39, 0.29) is 28.7 Å². The van der Waals surface area contributed by atoms with E-state index in [0.29, 0.717) is 51.0 Å². The third-order valence-electron chi connectivity index (χ3n) is 5.83. The van der Waals surface area contributed by atoms with Crippen LogP contribution < -0.4 is 5.32 Å². The Hall–Kier alpha value is -2.04. The summed E-state index contributed by atoms with van der Waals surface area (Å²) in [6, 6.07) is 4.54. The van der Waals surface area contributed by atoms with Crippen molar-refractivity contribution in [2.45, 2.75) is 76.5 Å². The van der Waals surface area contributed by atoms with Crippen molar-refractivity contribution >= 4 is 16.9 Å². The zero-order chi connectivity index (χ0) is 26.2. The summed E-state index contributed by atoms with van der Waals surface area (Å²) >= 11 is 0. The van der Waals surface area contributed by atoms with Crippen molar-refractivity contribution in [2.75, 3.05) is 19.6 Å². The van der Waals surface area contributed by atoms with Gasteiger partial charge in [0.15, 0.2) is 0 Å².